The highest BCUT2D eigenvalue weighted by Crippen LogP contribution is 2.24. The second kappa shape index (κ2) is 7.20. The van der Waals surface area contributed by atoms with E-state index >= 15 is 0 Å². The van der Waals surface area contributed by atoms with Crippen molar-refractivity contribution in [1.29, 1.82) is 5.26 Å². The van der Waals surface area contributed by atoms with E-state index in [1.54, 1.807) is 0 Å². The van der Waals surface area contributed by atoms with Crippen molar-refractivity contribution in [3.63, 3.8) is 0 Å². The maximum atomic E-state index is 12.5. The normalized spacial score (nSPS) is 20.4. The Morgan fingerprint density at radius 2 is 2.15 bits per heavy atom. The highest BCUT2D eigenvalue weighted by atomic mass is 16.6. The average Bonchev–Trinajstić information content (AvgIpc) is 3.39. The van der Waals surface area contributed by atoms with Crippen LogP contribution in [-0.2, 0) is 4.74 Å². The molecule has 1 saturated heterocycles. The first-order valence-electron chi connectivity index (χ1n) is 9.20. The van der Waals surface area contributed by atoms with Gasteiger partial charge in [-0.1, -0.05) is 0 Å². The van der Waals surface area contributed by atoms with E-state index in [1.807, 2.05) is 17.0 Å². The minimum Gasteiger partial charge on any atom is -0.446 e. The Kier molecular flexibility index (Phi) is 4.61. The lowest BCUT2D eigenvalue weighted by Gasteiger charge is -2.26. The Balaban J connectivity index is 1.38. The van der Waals surface area contributed by atoms with E-state index in [0.29, 0.717) is 23.7 Å². The molecule has 136 valence electrons. The van der Waals surface area contributed by atoms with Gasteiger partial charge in [-0.2, -0.15) is 5.26 Å². The molecule has 2 aromatic rings. The number of ether oxygens (including phenoxy) is 1. The number of rotatable bonds is 4. The van der Waals surface area contributed by atoms with Crippen molar-refractivity contribution in [2.24, 2.45) is 0 Å². The summed E-state index contributed by atoms with van der Waals surface area (Å²) in [5.74, 6) is 0.656. The van der Waals surface area contributed by atoms with Gasteiger partial charge in [-0.15, -0.1) is 5.10 Å². The molecule has 8 heteroatoms. The van der Waals surface area contributed by atoms with Gasteiger partial charge in [0.05, 0.1) is 12.2 Å². The van der Waals surface area contributed by atoms with Crippen molar-refractivity contribution in [3.8, 4) is 6.07 Å². The molecule has 2 aliphatic rings. The number of nitrogens with zero attached hydrogens (tertiary/aromatic N) is 5. The van der Waals surface area contributed by atoms with Crippen LogP contribution in [0.1, 0.15) is 44.2 Å². The lowest BCUT2D eigenvalue weighted by molar-refractivity contribution is 0.0633. The van der Waals surface area contributed by atoms with Gasteiger partial charge in [0.25, 0.3) is 0 Å². The van der Waals surface area contributed by atoms with Gasteiger partial charge in [0.2, 0.25) is 0 Å². The lowest BCUT2D eigenvalue weighted by Crippen LogP contribution is -2.41. The van der Waals surface area contributed by atoms with Crippen LogP contribution < -0.4 is 5.32 Å². The summed E-state index contributed by atoms with van der Waals surface area (Å²) in [5.41, 5.74) is 1.03. The van der Waals surface area contributed by atoms with E-state index in [4.69, 9.17) is 10.00 Å². The first-order chi connectivity index (χ1) is 12.7. The van der Waals surface area contributed by atoms with Gasteiger partial charge < -0.3 is 15.0 Å². The monoisotopic (exact) mass is 354 g/mol. The fourth-order valence-electron chi connectivity index (χ4n) is 3.77. The maximum Gasteiger partial charge on any atom is 0.410 e. The Labute approximate surface area is 151 Å². The summed E-state index contributed by atoms with van der Waals surface area (Å²) in [6.07, 6.45) is 7.60. The van der Waals surface area contributed by atoms with Crippen molar-refractivity contribution in [2.45, 2.75) is 50.7 Å². The Hall–Kier alpha value is -2.82. The van der Waals surface area contributed by atoms with Gasteiger partial charge in [0.15, 0.2) is 11.3 Å². The molecular formula is C18H22N6O2. The molecule has 0 radical (unpaired) electrons. The van der Waals surface area contributed by atoms with Gasteiger partial charge in [-0.05, 0) is 50.7 Å². The number of fused-ring (bicyclic) bond motifs is 1. The maximum absolute atomic E-state index is 12.5. The van der Waals surface area contributed by atoms with Gasteiger partial charge in [0.1, 0.15) is 18.0 Å². The molecule has 26 heavy (non-hydrogen) atoms. The Bertz CT molecular complexity index is 836. The third-order valence-electron chi connectivity index (χ3n) is 5.18. The molecule has 4 rings (SSSR count). The molecule has 2 aromatic heterocycles. The number of anilines is 1. The predicted octanol–water partition coefficient (Wildman–Crippen LogP) is 2.56. The molecule has 1 saturated carbocycles. The van der Waals surface area contributed by atoms with Crippen LogP contribution in [0.25, 0.3) is 5.65 Å². The topological polar surface area (TPSA) is 95.6 Å². The lowest BCUT2D eigenvalue weighted by atomic mass is 10.2. The molecule has 0 bridgehead atoms. The van der Waals surface area contributed by atoms with Gasteiger partial charge in [-0.25, -0.2) is 14.3 Å². The van der Waals surface area contributed by atoms with Crippen LogP contribution in [0.15, 0.2) is 18.3 Å². The fraction of sp³-hybridized carbons (Fsp3) is 0.556. The van der Waals surface area contributed by atoms with Crippen LogP contribution in [0.2, 0.25) is 0 Å². The number of carbonyl (C=O) groups is 1. The zero-order valence-corrected chi connectivity index (χ0v) is 14.6. The number of nitrogens with one attached hydrogen (secondary N) is 1. The molecular weight excluding hydrogens is 332 g/mol. The number of amides is 1. The number of imidazole rings is 1. The summed E-state index contributed by atoms with van der Waals surface area (Å²) < 4.78 is 7.17. The first kappa shape index (κ1) is 16.6. The molecule has 0 spiro atoms. The number of aromatic nitrogens is 3. The van der Waals surface area contributed by atoms with Crippen LogP contribution in [0.4, 0.5) is 10.6 Å². The quantitative estimate of drug-likeness (QED) is 0.906. The van der Waals surface area contributed by atoms with Crippen LogP contribution >= 0.6 is 0 Å². The van der Waals surface area contributed by atoms with Gasteiger partial charge >= 0.3 is 6.09 Å². The number of hydrogen-bond donors (Lipinski definition) is 1. The number of likely N-dealkylation sites (tertiary alicyclic amines) is 1. The molecule has 2 fully saturated rings. The van der Waals surface area contributed by atoms with E-state index in [2.05, 4.69) is 21.5 Å². The van der Waals surface area contributed by atoms with E-state index in [1.165, 1.54) is 10.7 Å². The van der Waals surface area contributed by atoms with Crippen molar-refractivity contribution >= 4 is 17.6 Å². The number of hydrogen-bond acceptors (Lipinski definition) is 6. The zero-order valence-electron chi connectivity index (χ0n) is 14.6. The van der Waals surface area contributed by atoms with Crippen LogP contribution in [-0.4, -0.2) is 50.8 Å². The summed E-state index contributed by atoms with van der Waals surface area (Å²) in [6, 6.07) is 5.82. The molecule has 1 aliphatic heterocycles. The summed E-state index contributed by atoms with van der Waals surface area (Å²) in [6.45, 7) is 1.35. The Morgan fingerprint density at radius 3 is 2.96 bits per heavy atom. The van der Waals surface area contributed by atoms with Crippen LogP contribution in [0.3, 0.4) is 0 Å². The molecule has 1 atom stereocenters. The third kappa shape index (κ3) is 3.29. The van der Waals surface area contributed by atoms with Crippen LogP contribution in [0, 0.1) is 11.3 Å². The van der Waals surface area contributed by atoms with Crippen molar-refractivity contribution in [1.82, 2.24) is 19.5 Å². The summed E-state index contributed by atoms with van der Waals surface area (Å²) in [4.78, 5) is 18.4. The summed E-state index contributed by atoms with van der Waals surface area (Å²) >= 11 is 0. The molecule has 1 aliphatic carbocycles. The highest BCUT2D eigenvalue weighted by molar-refractivity contribution is 5.68. The SMILES string of the molecule is N#Cc1cnc2ccc(NCC3CCCN3C(=O)OC3CCCC3)nn12. The first-order valence-corrected chi connectivity index (χ1v) is 9.20. The molecule has 0 aromatic carbocycles. The highest BCUT2D eigenvalue weighted by Gasteiger charge is 2.31. The Morgan fingerprint density at radius 1 is 1.31 bits per heavy atom. The third-order valence-corrected chi connectivity index (χ3v) is 5.18. The van der Waals surface area contributed by atoms with Crippen molar-refractivity contribution in [2.75, 3.05) is 18.4 Å². The number of nitriles is 1. The molecule has 3 heterocycles. The van der Waals surface area contributed by atoms with E-state index < -0.39 is 0 Å². The minimum absolute atomic E-state index is 0.0893. The second-order valence-electron chi connectivity index (χ2n) is 6.90. The summed E-state index contributed by atoms with van der Waals surface area (Å²) in [7, 11) is 0. The van der Waals surface area contributed by atoms with E-state index in [0.717, 1.165) is 45.1 Å². The molecule has 8 nitrogen and oxygen atoms in total. The molecule has 1 N–H and O–H groups in total. The van der Waals surface area contributed by atoms with Crippen molar-refractivity contribution in [3.05, 3.63) is 24.0 Å². The van der Waals surface area contributed by atoms with Crippen LogP contribution in [0.5, 0.6) is 0 Å². The molecule has 1 amide bonds. The van der Waals surface area contributed by atoms with E-state index in [-0.39, 0.29) is 18.2 Å². The standard InChI is InChI=1S/C18H22N6O2/c19-10-14-12-21-17-8-7-16(22-24(14)17)20-11-13-4-3-9-23(13)18(25)26-15-5-1-2-6-15/h7-8,12-13,15H,1-6,9,11H2,(H,20,22). The zero-order chi connectivity index (χ0) is 17.9. The summed E-state index contributed by atoms with van der Waals surface area (Å²) in [5, 5.41) is 16.8. The number of carbonyl (C=O) groups excluding carboxylic acids is 1. The van der Waals surface area contributed by atoms with Gasteiger partial charge in [0, 0.05) is 13.1 Å². The fourth-order valence-corrected chi connectivity index (χ4v) is 3.77. The van der Waals surface area contributed by atoms with E-state index in [9.17, 15) is 4.79 Å². The predicted molar refractivity (Wildman–Crippen MR) is 94.7 cm³/mol. The van der Waals surface area contributed by atoms with Crippen molar-refractivity contribution < 1.29 is 9.53 Å². The van der Waals surface area contributed by atoms with Gasteiger partial charge in [-0.3, -0.25) is 0 Å². The average molecular weight is 354 g/mol. The second-order valence-corrected chi connectivity index (χ2v) is 6.90. The smallest absolute Gasteiger partial charge is 0.410 e. The largest absolute Gasteiger partial charge is 0.446 e. The molecule has 1 unspecified atom stereocenters. The minimum atomic E-state index is -0.189.